The number of ether oxygens (including phenoxy) is 1. The second-order valence-corrected chi connectivity index (χ2v) is 3.69. The number of benzene rings is 1. The summed E-state index contributed by atoms with van der Waals surface area (Å²) in [6, 6.07) is 8.60. The van der Waals surface area contributed by atoms with E-state index in [0.29, 0.717) is 0 Å². The Balaban J connectivity index is 2.33. The summed E-state index contributed by atoms with van der Waals surface area (Å²) in [5.41, 5.74) is 2.71. The van der Waals surface area contributed by atoms with Gasteiger partial charge in [-0.1, -0.05) is 29.8 Å². The maximum atomic E-state index is 5.26. The molecule has 70 valence electrons. The third-order valence-electron chi connectivity index (χ3n) is 2.75. The van der Waals surface area contributed by atoms with Crippen molar-refractivity contribution in [2.75, 3.05) is 20.3 Å². The molecule has 2 nitrogen and oxygen atoms in total. The summed E-state index contributed by atoms with van der Waals surface area (Å²) in [4.78, 5) is 0. The highest BCUT2D eigenvalue weighted by Crippen LogP contribution is 2.29. The van der Waals surface area contributed by atoms with E-state index in [9.17, 15) is 0 Å². The number of nitrogens with one attached hydrogen (secondary N) is 1. The van der Waals surface area contributed by atoms with E-state index in [2.05, 4.69) is 36.5 Å². The molecule has 1 aromatic rings. The molecule has 0 bridgehead atoms. The van der Waals surface area contributed by atoms with Crippen LogP contribution in [0.1, 0.15) is 11.1 Å². The van der Waals surface area contributed by atoms with Gasteiger partial charge < -0.3 is 10.1 Å². The van der Waals surface area contributed by atoms with E-state index in [4.69, 9.17) is 4.74 Å². The molecule has 1 aliphatic heterocycles. The van der Waals surface area contributed by atoms with E-state index < -0.39 is 0 Å². The first-order valence-electron chi connectivity index (χ1n) is 4.61. The Bertz CT molecular complexity index is 299. The van der Waals surface area contributed by atoms with E-state index >= 15 is 0 Å². The lowest BCUT2D eigenvalue weighted by atomic mass is 9.87. The van der Waals surface area contributed by atoms with Crippen LogP contribution >= 0.6 is 0 Å². The monoisotopic (exact) mass is 177 g/mol. The van der Waals surface area contributed by atoms with Gasteiger partial charge in [-0.3, -0.25) is 0 Å². The zero-order chi connectivity index (χ0) is 9.31. The lowest BCUT2D eigenvalue weighted by Crippen LogP contribution is -2.56. The van der Waals surface area contributed by atoms with Crippen LogP contribution in [0, 0.1) is 6.92 Å². The van der Waals surface area contributed by atoms with E-state index in [1.54, 1.807) is 0 Å². The summed E-state index contributed by atoms with van der Waals surface area (Å²) in [5, 5.41) is 3.33. The number of aryl methyl sites for hydroxylation is 1. The SMILES string of the molecule is CNC1(c2cccc(C)c2)COC1. The maximum Gasteiger partial charge on any atom is 0.0906 e. The fraction of sp³-hybridized carbons (Fsp3) is 0.455. The third-order valence-corrected chi connectivity index (χ3v) is 2.75. The number of likely N-dealkylation sites (N-methyl/N-ethyl adjacent to an activating group) is 1. The zero-order valence-electron chi connectivity index (χ0n) is 8.13. The Kier molecular flexibility index (Phi) is 2.10. The van der Waals surface area contributed by atoms with Crippen molar-refractivity contribution in [1.29, 1.82) is 0 Å². The first-order chi connectivity index (χ1) is 6.27. The Morgan fingerprint density at radius 3 is 2.62 bits per heavy atom. The molecule has 0 radical (unpaired) electrons. The van der Waals surface area contributed by atoms with Crippen LogP contribution in [-0.4, -0.2) is 20.3 Å². The van der Waals surface area contributed by atoms with Crippen molar-refractivity contribution in [2.45, 2.75) is 12.5 Å². The van der Waals surface area contributed by atoms with Crippen molar-refractivity contribution in [3.8, 4) is 0 Å². The Morgan fingerprint density at radius 1 is 1.38 bits per heavy atom. The molecule has 1 aromatic carbocycles. The second-order valence-electron chi connectivity index (χ2n) is 3.69. The van der Waals surface area contributed by atoms with Crippen LogP contribution in [0.5, 0.6) is 0 Å². The van der Waals surface area contributed by atoms with Crippen LogP contribution in [0.4, 0.5) is 0 Å². The summed E-state index contributed by atoms with van der Waals surface area (Å²) >= 11 is 0. The second kappa shape index (κ2) is 3.13. The van der Waals surface area contributed by atoms with E-state index in [1.807, 2.05) is 7.05 Å². The molecule has 0 atom stereocenters. The molecule has 1 fully saturated rings. The molecule has 0 aromatic heterocycles. The number of hydrogen-bond donors (Lipinski definition) is 1. The van der Waals surface area contributed by atoms with Crippen LogP contribution in [0.3, 0.4) is 0 Å². The fourth-order valence-corrected chi connectivity index (χ4v) is 1.70. The van der Waals surface area contributed by atoms with Gasteiger partial charge in [-0.2, -0.15) is 0 Å². The molecule has 0 saturated carbocycles. The molecule has 1 aliphatic rings. The highest BCUT2D eigenvalue weighted by atomic mass is 16.5. The Morgan fingerprint density at radius 2 is 2.15 bits per heavy atom. The zero-order valence-corrected chi connectivity index (χ0v) is 8.13. The molecular formula is C11H15NO. The maximum absolute atomic E-state index is 5.26. The molecule has 2 rings (SSSR count). The molecule has 0 amide bonds. The summed E-state index contributed by atoms with van der Waals surface area (Å²) in [6.07, 6.45) is 0. The van der Waals surface area contributed by atoms with Crippen LogP contribution in [0.2, 0.25) is 0 Å². The lowest BCUT2D eigenvalue weighted by molar-refractivity contribution is -0.0748. The minimum Gasteiger partial charge on any atom is -0.377 e. The van der Waals surface area contributed by atoms with E-state index in [1.165, 1.54) is 11.1 Å². The predicted octanol–water partition coefficient (Wildman–Crippen LogP) is 1.44. The van der Waals surface area contributed by atoms with Gasteiger partial charge in [0.2, 0.25) is 0 Å². The van der Waals surface area contributed by atoms with Gasteiger partial charge in [0.25, 0.3) is 0 Å². The predicted molar refractivity (Wildman–Crippen MR) is 52.7 cm³/mol. The van der Waals surface area contributed by atoms with Crippen molar-refractivity contribution in [3.63, 3.8) is 0 Å². The van der Waals surface area contributed by atoms with Gasteiger partial charge in [-0.05, 0) is 19.5 Å². The van der Waals surface area contributed by atoms with Gasteiger partial charge in [-0.25, -0.2) is 0 Å². The van der Waals surface area contributed by atoms with Gasteiger partial charge in [0.1, 0.15) is 0 Å². The fourth-order valence-electron chi connectivity index (χ4n) is 1.70. The quantitative estimate of drug-likeness (QED) is 0.738. The Hall–Kier alpha value is -0.860. The van der Waals surface area contributed by atoms with Crippen LogP contribution in [0.25, 0.3) is 0 Å². The Labute approximate surface area is 78.9 Å². The summed E-state index contributed by atoms with van der Waals surface area (Å²) < 4.78 is 5.26. The average Bonchev–Trinajstić information content (AvgIpc) is 2.03. The smallest absolute Gasteiger partial charge is 0.0906 e. The number of rotatable bonds is 2. The lowest BCUT2D eigenvalue weighted by Gasteiger charge is -2.41. The number of hydrogen-bond acceptors (Lipinski definition) is 2. The van der Waals surface area contributed by atoms with Gasteiger partial charge >= 0.3 is 0 Å². The molecule has 0 spiro atoms. The first kappa shape index (κ1) is 8.73. The largest absolute Gasteiger partial charge is 0.377 e. The standard InChI is InChI=1S/C11H15NO/c1-9-4-3-5-10(6-9)11(12-2)7-13-8-11/h3-6,12H,7-8H2,1-2H3. The van der Waals surface area contributed by atoms with Gasteiger partial charge in [0.05, 0.1) is 18.8 Å². The van der Waals surface area contributed by atoms with Crippen molar-refractivity contribution in [3.05, 3.63) is 35.4 Å². The molecule has 0 unspecified atom stereocenters. The van der Waals surface area contributed by atoms with Crippen molar-refractivity contribution in [2.24, 2.45) is 0 Å². The first-order valence-corrected chi connectivity index (χ1v) is 4.61. The highest BCUT2D eigenvalue weighted by Gasteiger charge is 2.38. The molecule has 1 heterocycles. The molecule has 13 heavy (non-hydrogen) atoms. The van der Waals surface area contributed by atoms with Crippen molar-refractivity contribution >= 4 is 0 Å². The minimum atomic E-state index is 0.0754. The van der Waals surface area contributed by atoms with Gasteiger partial charge in [0, 0.05) is 0 Å². The average molecular weight is 177 g/mol. The summed E-state index contributed by atoms with van der Waals surface area (Å²) in [5.74, 6) is 0. The van der Waals surface area contributed by atoms with E-state index in [-0.39, 0.29) is 5.54 Å². The van der Waals surface area contributed by atoms with Crippen LogP contribution < -0.4 is 5.32 Å². The molecule has 1 saturated heterocycles. The third kappa shape index (κ3) is 1.36. The molecular weight excluding hydrogens is 162 g/mol. The molecule has 1 N–H and O–H groups in total. The van der Waals surface area contributed by atoms with Crippen LogP contribution in [0.15, 0.2) is 24.3 Å². The van der Waals surface area contributed by atoms with Gasteiger partial charge in [-0.15, -0.1) is 0 Å². The van der Waals surface area contributed by atoms with Crippen LogP contribution in [-0.2, 0) is 10.3 Å². The van der Waals surface area contributed by atoms with E-state index in [0.717, 1.165) is 13.2 Å². The van der Waals surface area contributed by atoms with Crippen molar-refractivity contribution < 1.29 is 4.74 Å². The molecule has 2 heteroatoms. The normalized spacial score (nSPS) is 19.5. The van der Waals surface area contributed by atoms with Gasteiger partial charge in [0.15, 0.2) is 0 Å². The highest BCUT2D eigenvalue weighted by molar-refractivity contribution is 5.30. The summed E-state index contributed by atoms with van der Waals surface area (Å²) in [7, 11) is 1.99. The molecule has 0 aliphatic carbocycles. The summed E-state index contributed by atoms with van der Waals surface area (Å²) in [6.45, 7) is 3.69. The van der Waals surface area contributed by atoms with Crippen molar-refractivity contribution in [1.82, 2.24) is 5.32 Å². The topological polar surface area (TPSA) is 21.3 Å². The minimum absolute atomic E-state index is 0.0754.